The SMILES string of the molecule is COc1ccc(C#N)cc1CN1CCCC(CO)C1. The second-order valence-electron chi connectivity index (χ2n) is 5.06. The van der Waals surface area contributed by atoms with Crippen molar-refractivity contribution in [1.29, 1.82) is 5.26 Å². The quantitative estimate of drug-likeness (QED) is 0.896. The molecule has 4 nitrogen and oxygen atoms in total. The summed E-state index contributed by atoms with van der Waals surface area (Å²) in [6, 6.07) is 7.67. The zero-order valence-corrected chi connectivity index (χ0v) is 11.3. The molecule has 1 N–H and O–H groups in total. The molecule has 1 heterocycles. The highest BCUT2D eigenvalue weighted by Gasteiger charge is 2.20. The molecular formula is C15H20N2O2. The number of hydrogen-bond donors (Lipinski definition) is 1. The summed E-state index contributed by atoms with van der Waals surface area (Å²) in [5.41, 5.74) is 1.70. The number of benzene rings is 1. The Bertz CT molecular complexity index is 468. The molecule has 1 fully saturated rings. The van der Waals surface area contributed by atoms with Crippen molar-refractivity contribution in [2.45, 2.75) is 19.4 Å². The van der Waals surface area contributed by atoms with Crippen molar-refractivity contribution in [3.63, 3.8) is 0 Å². The summed E-state index contributed by atoms with van der Waals surface area (Å²) in [5.74, 6) is 1.20. The van der Waals surface area contributed by atoms with Crippen LogP contribution in [0.4, 0.5) is 0 Å². The standard InChI is InChI=1S/C15H20N2O2/c1-19-15-5-4-12(8-16)7-14(15)10-17-6-2-3-13(9-17)11-18/h4-5,7,13,18H,2-3,6,9-11H2,1H3. The van der Waals surface area contributed by atoms with Crippen LogP contribution in [0.3, 0.4) is 0 Å². The summed E-state index contributed by atoms with van der Waals surface area (Å²) in [4.78, 5) is 2.32. The Balaban J connectivity index is 2.11. The Labute approximate surface area is 114 Å². The molecule has 0 spiro atoms. The van der Waals surface area contributed by atoms with E-state index >= 15 is 0 Å². The predicted octanol–water partition coefficient (Wildman–Crippen LogP) is 1.77. The molecule has 1 saturated heterocycles. The van der Waals surface area contributed by atoms with E-state index in [0.717, 1.165) is 43.8 Å². The number of piperidine rings is 1. The largest absolute Gasteiger partial charge is 0.496 e. The van der Waals surface area contributed by atoms with Crippen LogP contribution in [0, 0.1) is 17.2 Å². The fourth-order valence-electron chi connectivity index (χ4n) is 2.66. The van der Waals surface area contributed by atoms with Gasteiger partial charge in [0.2, 0.25) is 0 Å². The maximum absolute atomic E-state index is 9.26. The molecule has 0 aromatic heterocycles. The summed E-state index contributed by atoms with van der Waals surface area (Å²) in [5, 5.41) is 18.2. The zero-order chi connectivity index (χ0) is 13.7. The minimum atomic E-state index is 0.256. The van der Waals surface area contributed by atoms with Gasteiger partial charge in [-0.2, -0.15) is 5.26 Å². The third kappa shape index (κ3) is 3.46. The van der Waals surface area contributed by atoms with Crippen molar-refractivity contribution in [3.8, 4) is 11.8 Å². The molecular weight excluding hydrogens is 240 g/mol. The molecule has 1 unspecified atom stereocenters. The number of nitrogens with zero attached hydrogens (tertiary/aromatic N) is 2. The third-order valence-electron chi connectivity index (χ3n) is 3.66. The van der Waals surface area contributed by atoms with Gasteiger partial charge >= 0.3 is 0 Å². The van der Waals surface area contributed by atoms with Crippen molar-refractivity contribution in [3.05, 3.63) is 29.3 Å². The average molecular weight is 260 g/mol. The van der Waals surface area contributed by atoms with Crippen LogP contribution < -0.4 is 4.74 Å². The van der Waals surface area contributed by atoms with Gasteiger partial charge in [-0.3, -0.25) is 4.90 Å². The maximum Gasteiger partial charge on any atom is 0.123 e. The smallest absolute Gasteiger partial charge is 0.123 e. The molecule has 1 atom stereocenters. The topological polar surface area (TPSA) is 56.5 Å². The molecule has 0 bridgehead atoms. The van der Waals surface area contributed by atoms with Gasteiger partial charge in [0.1, 0.15) is 5.75 Å². The van der Waals surface area contributed by atoms with E-state index in [9.17, 15) is 5.11 Å². The molecule has 102 valence electrons. The minimum absolute atomic E-state index is 0.256. The lowest BCUT2D eigenvalue weighted by molar-refractivity contribution is 0.115. The van der Waals surface area contributed by atoms with Gasteiger partial charge in [-0.25, -0.2) is 0 Å². The van der Waals surface area contributed by atoms with Gasteiger partial charge in [-0.15, -0.1) is 0 Å². The molecule has 1 aliphatic rings. The lowest BCUT2D eigenvalue weighted by atomic mass is 9.98. The molecule has 1 aromatic rings. The van der Waals surface area contributed by atoms with Crippen molar-refractivity contribution >= 4 is 0 Å². The first-order valence-corrected chi connectivity index (χ1v) is 6.67. The predicted molar refractivity (Wildman–Crippen MR) is 72.8 cm³/mol. The fourth-order valence-corrected chi connectivity index (χ4v) is 2.66. The second kappa shape index (κ2) is 6.55. The van der Waals surface area contributed by atoms with Crippen molar-refractivity contribution in [2.24, 2.45) is 5.92 Å². The maximum atomic E-state index is 9.26. The van der Waals surface area contributed by atoms with Crippen LogP contribution in [0.5, 0.6) is 5.75 Å². The van der Waals surface area contributed by atoms with Gasteiger partial charge in [0.05, 0.1) is 18.7 Å². The number of methoxy groups -OCH3 is 1. The number of nitriles is 1. The molecule has 4 heteroatoms. The highest BCUT2D eigenvalue weighted by atomic mass is 16.5. The van der Waals surface area contributed by atoms with E-state index in [1.165, 1.54) is 0 Å². The van der Waals surface area contributed by atoms with Crippen LogP contribution in [0.25, 0.3) is 0 Å². The van der Waals surface area contributed by atoms with E-state index < -0.39 is 0 Å². The van der Waals surface area contributed by atoms with Crippen LogP contribution in [-0.2, 0) is 6.54 Å². The summed E-state index contributed by atoms with van der Waals surface area (Å²) >= 11 is 0. The van der Waals surface area contributed by atoms with Crippen LogP contribution in [0.15, 0.2) is 18.2 Å². The van der Waals surface area contributed by atoms with Crippen LogP contribution in [-0.4, -0.2) is 36.8 Å². The summed E-state index contributed by atoms with van der Waals surface area (Å²) < 4.78 is 5.35. The molecule has 0 saturated carbocycles. The number of hydrogen-bond acceptors (Lipinski definition) is 4. The fraction of sp³-hybridized carbons (Fsp3) is 0.533. The molecule has 2 rings (SSSR count). The van der Waals surface area contributed by atoms with Gasteiger partial charge in [0.15, 0.2) is 0 Å². The Kier molecular flexibility index (Phi) is 4.78. The molecule has 1 aromatic carbocycles. The Morgan fingerprint density at radius 3 is 3.05 bits per heavy atom. The van der Waals surface area contributed by atoms with Gasteiger partial charge in [-0.05, 0) is 43.5 Å². The highest BCUT2D eigenvalue weighted by Crippen LogP contribution is 2.24. The van der Waals surface area contributed by atoms with E-state index in [-0.39, 0.29) is 6.61 Å². The Morgan fingerprint density at radius 2 is 2.37 bits per heavy atom. The first-order chi connectivity index (χ1) is 9.26. The number of aliphatic hydroxyl groups is 1. The van der Waals surface area contributed by atoms with Crippen molar-refractivity contribution in [2.75, 3.05) is 26.8 Å². The molecule has 19 heavy (non-hydrogen) atoms. The van der Waals surface area contributed by atoms with Crippen molar-refractivity contribution in [1.82, 2.24) is 4.90 Å². The second-order valence-corrected chi connectivity index (χ2v) is 5.06. The molecule has 0 aliphatic carbocycles. The normalized spacial score (nSPS) is 19.9. The third-order valence-corrected chi connectivity index (χ3v) is 3.66. The van der Waals surface area contributed by atoms with E-state index in [1.54, 1.807) is 13.2 Å². The van der Waals surface area contributed by atoms with E-state index in [4.69, 9.17) is 10.00 Å². The molecule has 0 radical (unpaired) electrons. The van der Waals surface area contributed by atoms with Crippen LogP contribution in [0.2, 0.25) is 0 Å². The number of rotatable bonds is 4. The summed E-state index contributed by atoms with van der Waals surface area (Å²) in [6.45, 7) is 2.98. The number of likely N-dealkylation sites (tertiary alicyclic amines) is 1. The first-order valence-electron chi connectivity index (χ1n) is 6.67. The van der Waals surface area contributed by atoms with Crippen LogP contribution >= 0.6 is 0 Å². The zero-order valence-electron chi connectivity index (χ0n) is 11.3. The van der Waals surface area contributed by atoms with Gasteiger partial charge in [0.25, 0.3) is 0 Å². The Hall–Kier alpha value is -1.57. The lowest BCUT2D eigenvalue weighted by Gasteiger charge is -2.32. The van der Waals surface area contributed by atoms with E-state index in [2.05, 4.69) is 11.0 Å². The molecule has 0 amide bonds. The lowest BCUT2D eigenvalue weighted by Crippen LogP contribution is -2.36. The van der Waals surface area contributed by atoms with Gasteiger partial charge in [0, 0.05) is 25.3 Å². The van der Waals surface area contributed by atoms with E-state index in [1.807, 2.05) is 12.1 Å². The summed E-state index contributed by atoms with van der Waals surface area (Å²) in [7, 11) is 1.65. The van der Waals surface area contributed by atoms with Gasteiger partial charge < -0.3 is 9.84 Å². The van der Waals surface area contributed by atoms with Crippen molar-refractivity contribution < 1.29 is 9.84 Å². The number of aliphatic hydroxyl groups excluding tert-OH is 1. The number of ether oxygens (including phenoxy) is 1. The highest BCUT2D eigenvalue weighted by molar-refractivity contribution is 5.42. The first kappa shape index (κ1) is 13.9. The summed E-state index contributed by atoms with van der Waals surface area (Å²) in [6.07, 6.45) is 2.22. The monoisotopic (exact) mass is 260 g/mol. The minimum Gasteiger partial charge on any atom is -0.496 e. The van der Waals surface area contributed by atoms with Gasteiger partial charge in [-0.1, -0.05) is 0 Å². The van der Waals surface area contributed by atoms with E-state index in [0.29, 0.717) is 11.5 Å². The Morgan fingerprint density at radius 1 is 1.53 bits per heavy atom. The molecule has 1 aliphatic heterocycles. The van der Waals surface area contributed by atoms with Crippen LogP contribution in [0.1, 0.15) is 24.0 Å². The average Bonchev–Trinajstić information content (AvgIpc) is 2.47.